The summed E-state index contributed by atoms with van der Waals surface area (Å²) in [5.74, 6) is 0.541. The largest absolute Gasteiger partial charge is 0.348 e. The van der Waals surface area contributed by atoms with E-state index in [0.717, 1.165) is 5.56 Å². The first-order valence-corrected chi connectivity index (χ1v) is 10.8. The highest BCUT2D eigenvalue weighted by Gasteiger charge is 2.32. The molecule has 27 heavy (non-hydrogen) atoms. The average Bonchev–Trinajstić information content (AvgIpc) is 3.02. The number of sulfone groups is 1. The van der Waals surface area contributed by atoms with Gasteiger partial charge in [0.2, 0.25) is 5.95 Å². The van der Waals surface area contributed by atoms with Gasteiger partial charge < -0.3 is 10.2 Å². The van der Waals surface area contributed by atoms with Crippen molar-refractivity contribution in [1.29, 1.82) is 0 Å². The molecule has 1 N–H and O–H groups in total. The molecule has 144 valence electrons. The average molecular weight is 388 g/mol. The smallest absolute Gasteiger partial charge is 0.254 e. The summed E-state index contributed by atoms with van der Waals surface area (Å²) in [5.41, 5.74) is 2.57. The van der Waals surface area contributed by atoms with Gasteiger partial charge in [-0.25, -0.2) is 18.4 Å². The monoisotopic (exact) mass is 388 g/mol. The fourth-order valence-corrected chi connectivity index (χ4v) is 4.89. The summed E-state index contributed by atoms with van der Waals surface area (Å²) in [7, 11) is -2.98. The van der Waals surface area contributed by atoms with E-state index in [9.17, 15) is 13.2 Å². The van der Waals surface area contributed by atoms with Crippen LogP contribution < -0.4 is 10.2 Å². The van der Waals surface area contributed by atoms with E-state index in [1.165, 1.54) is 18.0 Å². The minimum atomic E-state index is -2.98. The van der Waals surface area contributed by atoms with Crippen LogP contribution in [0.2, 0.25) is 0 Å². The van der Waals surface area contributed by atoms with Crippen molar-refractivity contribution in [2.75, 3.05) is 23.0 Å². The van der Waals surface area contributed by atoms with Crippen molar-refractivity contribution in [3.63, 3.8) is 0 Å². The highest BCUT2D eigenvalue weighted by Crippen LogP contribution is 2.21. The minimum absolute atomic E-state index is 0.110. The van der Waals surface area contributed by atoms with Gasteiger partial charge in [0.15, 0.2) is 9.84 Å². The summed E-state index contributed by atoms with van der Waals surface area (Å²) in [6.45, 7) is 5.00. The van der Waals surface area contributed by atoms with Crippen LogP contribution in [-0.4, -0.2) is 48.4 Å². The summed E-state index contributed by atoms with van der Waals surface area (Å²) in [6, 6.07) is 7.85. The third-order valence-electron chi connectivity index (χ3n) is 4.72. The molecule has 1 amide bonds. The maximum Gasteiger partial charge on any atom is 0.254 e. The van der Waals surface area contributed by atoms with E-state index in [4.69, 9.17) is 0 Å². The lowest BCUT2D eigenvalue weighted by atomic mass is 10.1. The van der Waals surface area contributed by atoms with Crippen molar-refractivity contribution in [2.24, 2.45) is 0 Å². The maximum atomic E-state index is 12.3. The van der Waals surface area contributed by atoms with Crippen molar-refractivity contribution in [3.05, 3.63) is 53.3 Å². The van der Waals surface area contributed by atoms with Gasteiger partial charge in [0.05, 0.1) is 17.1 Å². The van der Waals surface area contributed by atoms with Crippen LogP contribution in [0.3, 0.4) is 0 Å². The molecule has 2 aromatic rings. The van der Waals surface area contributed by atoms with Crippen LogP contribution in [0.5, 0.6) is 0 Å². The Kier molecular flexibility index (Phi) is 5.74. The SMILES string of the molecule is CCN(c1ncc(C(=O)NCc2ccc(C)cc2)cn1)C1CCS(=O)(=O)C1. The quantitative estimate of drug-likeness (QED) is 0.810. The second-order valence-electron chi connectivity index (χ2n) is 6.78. The van der Waals surface area contributed by atoms with Crippen LogP contribution in [0.4, 0.5) is 5.95 Å². The molecule has 2 heterocycles. The molecular weight excluding hydrogens is 364 g/mol. The van der Waals surface area contributed by atoms with Crippen LogP contribution in [-0.2, 0) is 16.4 Å². The third kappa shape index (κ3) is 4.82. The van der Waals surface area contributed by atoms with Crippen LogP contribution in [0, 0.1) is 6.92 Å². The molecular formula is C19H24N4O3S. The molecule has 0 bridgehead atoms. The highest BCUT2D eigenvalue weighted by molar-refractivity contribution is 7.91. The van der Waals surface area contributed by atoms with Gasteiger partial charge in [0.25, 0.3) is 5.91 Å². The van der Waals surface area contributed by atoms with E-state index >= 15 is 0 Å². The van der Waals surface area contributed by atoms with E-state index in [2.05, 4.69) is 15.3 Å². The van der Waals surface area contributed by atoms with Gasteiger partial charge in [0.1, 0.15) is 0 Å². The summed E-state index contributed by atoms with van der Waals surface area (Å²) in [4.78, 5) is 22.8. The predicted octanol–water partition coefficient (Wildman–Crippen LogP) is 1.73. The lowest BCUT2D eigenvalue weighted by Gasteiger charge is -2.26. The summed E-state index contributed by atoms with van der Waals surface area (Å²) < 4.78 is 23.4. The third-order valence-corrected chi connectivity index (χ3v) is 6.47. The zero-order valence-corrected chi connectivity index (χ0v) is 16.4. The van der Waals surface area contributed by atoms with Gasteiger partial charge >= 0.3 is 0 Å². The topological polar surface area (TPSA) is 92.3 Å². The first-order chi connectivity index (χ1) is 12.9. The van der Waals surface area contributed by atoms with E-state index in [0.29, 0.717) is 31.0 Å². The summed E-state index contributed by atoms with van der Waals surface area (Å²) in [5, 5.41) is 2.85. The molecule has 1 aromatic heterocycles. The molecule has 3 rings (SSSR count). The molecule has 0 spiro atoms. The van der Waals surface area contributed by atoms with Crippen LogP contribution in [0.15, 0.2) is 36.7 Å². The number of anilines is 1. The number of benzene rings is 1. The zero-order chi connectivity index (χ0) is 19.4. The molecule has 1 aliphatic rings. The molecule has 8 heteroatoms. The van der Waals surface area contributed by atoms with E-state index in [-0.39, 0.29) is 23.5 Å². The lowest BCUT2D eigenvalue weighted by molar-refractivity contribution is 0.0950. The normalized spacial score (nSPS) is 18.2. The molecule has 1 fully saturated rings. The fraction of sp³-hybridized carbons (Fsp3) is 0.421. The van der Waals surface area contributed by atoms with Crippen LogP contribution in [0.1, 0.15) is 34.8 Å². The molecule has 1 atom stereocenters. The summed E-state index contributed by atoms with van der Waals surface area (Å²) >= 11 is 0. The molecule has 7 nitrogen and oxygen atoms in total. The van der Waals surface area contributed by atoms with Crippen molar-refractivity contribution < 1.29 is 13.2 Å². The van der Waals surface area contributed by atoms with Crippen molar-refractivity contribution >= 4 is 21.7 Å². The number of nitrogens with zero attached hydrogens (tertiary/aromatic N) is 3. The van der Waals surface area contributed by atoms with Crippen molar-refractivity contribution in [3.8, 4) is 0 Å². The minimum Gasteiger partial charge on any atom is -0.348 e. The zero-order valence-electron chi connectivity index (χ0n) is 15.6. The summed E-state index contributed by atoms with van der Waals surface area (Å²) in [6.07, 6.45) is 3.55. The molecule has 1 unspecified atom stereocenters. The highest BCUT2D eigenvalue weighted by atomic mass is 32.2. The van der Waals surface area contributed by atoms with Crippen LogP contribution in [0.25, 0.3) is 0 Å². The number of aryl methyl sites for hydroxylation is 1. The van der Waals surface area contributed by atoms with Gasteiger partial charge in [-0.2, -0.15) is 0 Å². The van der Waals surface area contributed by atoms with Crippen LogP contribution >= 0.6 is 0 Å². The number of carbonyl (C=O) groups excluding carboxylic acids is 1. The Morgan fingerprint density at radius 2 is 1.89 bits per heavy atom. The fourth-order valence-electron chi connectivity index (χ4n) is 3.16. The second-order valence-corrected chi connectivity index (χ2v) is 9.01. The Labute approximate surface area is 159 Å². The Balaban J connectivity index is 1.63. The standard InChI is InChI=1S/C19H24N4O3S/c1-3-23(17-8-9-27(25,26)13-17)19-21-11-16(12-22-19)18(24)20-10-15-6-4-14(2)5-7-15/h4-7,11-12,17H,3,8-10,13H2,1-2H3,(H,20,24). The van der Waals surface area contributed by atoms with Gasteiger partial charge in [0, 0.05) is 31.5 Å². The molecule has 1 aromatic carbocycles. The number of hydrogen-bond acceptors (Lipinski definition) is 6. The molecule has 0 saturated carbocycles. The Bertz CT molecular complexity index is 896. The lowest BCUT2D eigenvalue weighted by Crippen LogP contribution is -2.37. The van der Waals surface area contributed by atoms with E-state index in [1.54, 1.807) is 0 Å². The number of rotatable bonds is 6. The van der Waals surface area contributed by atoms with Gasteiger partial charge in [-0.1, -0.05) is 29.8 Å². The van der Waals surface area contributed by atoms with Gasteiger partial charge in [-0.05, 0) is 25.8 Å². The predicted molar refractivity (Wildman–Crippen MR) is 104 cm³/mol. The molecule has 0 aliphatic carbocycles. The van der Waals surface area contributed by atoms with Crippen molar-refractivity contribution in [1.82, 2.24) is 15.3 Å². The number of aromatic nitrogens is 2. The molecule has 1 aliphatic heterocycles. The molecule has 0 radical (unpaired) electrons. The molecule has 1 saturated heterocycles. The van der Waals surface area contributed by atoms with Crippen molar-refractivity contribution in [2.45, 2.75) is 32.9 Å². The number of carbonyl (C=O) groups is 1. The Morgan fingerprint density at radius 3 is 2.44 bits per heavy atom. The Hall–Kier alpha value is -2.48. The van der Waals surface area contributed by atoms with Gasteiger partial charge in [-0.3, -0.25) is 4.79 Å². The number of hydrogen-bond donors (Lipinski definition) is 1. The first-order valence-electron chi connectivity index (χ1n) is 9.01. The Morgan fingerprint density at radius 1 is 1.22 bits per heavy atom. The maximum absolute atomic E-state index is 12.3. The van der Waals surface area contributed by atoms with E-state index in [1.807, 2.05) is 43.0 Å². The van der Waals surface area contributed by atoms with Gasteiger partial charge in [-0.15, -0.1) is 0 Å². The second kappa shape index (κ2) is 8.04. The van der Waals surface area contributed by atoms with E-state index < -0.39 is 9.84 Å². The first kappa shape index (κ1) is 19.3. The number of amides is 1. The number of nitrogens with one attached hydrogen (secondary N) is 1.